The standard InChI is InChI=1S/C20H24O6S2.C2H6/c21-19(9-23-10-19)13-25-15-3-1-5-17(7-15)27-28-18-6-2-4-16(8-18)26-14-20(22)11-24-12-20;1-2/h1,3-5,7-8,21-22H,2,6,9-14H2;1-2H3. The second-order valence-electron chi connectivity index (χ2n) is 7.41. The molecular weight excluding hydrogens is 424 g/mol. The topological polar surface area (TPSA) is 77.4 Å². The minimum atomic E-state index is -0.855. The third-order valence-corrected chi connectivity index (χ3v) is 7.12. The summed E-state index contributed by atoms with van der Waals surface area (Å²) >= 11 is 0. The van der Waals surface area contributed by atoms with E-state index in [2.05, 4.69) is 6.08 Å². The average molecular weight is 455 g/mol. The summed E-state index contributed by atoms with van der Waals surface area (Å²) in [6.45, 7) is 5.83. The molecule has 6 nitrogen and oxygen atoms in total. The molecule has 0 unspecified atom stereocenters. The Bertz CT molecular complexity index is 756. The van der Waals surface area contributed by atoms with Crippen LogP contribution in [0.3, 0.4) is 0 Å². The maximum atomic E-state index is 10.1. The van der Waals surface area contributed by atoms with Crippen LogP contribution in [-0.2, 0) is 14.2 Å². The minimum Gasteiger partial charge on any atom is -0.491 e. The van der Waals surface area contributed by atoms with E-state index in [1.165, 1.54) is 4.91 Å². The lowest BCUT2D eigenvalue weighted by atomic mass is 10.0. The molecule has 1 aliphatic carbocycles. The van der Waals surface area contributed by atoms with Gasteiger partial charge < -0.3 is 29.2 Å². The number of allylic oxidation sites excluding steroid dienone is 3. The molecule has 1 aromatic rings. The summed E-state index contributed by atoms with van der Waals surface area (Å²) in [4.78, 5) is 2.31. The van der Waals surface area contributed by atoms with Crippen LogP contribution < -0.4 is 4.74 Å². The van der Waals surface area contributed by atoms with E-state index >= 15 is 0 Å². The van der Waals surface area contributed by atoms with Crippen LogP contribution in [0.1, 0.15) is 26.7 Å². The van der Waals surface area contributed by atoms with Gasteiger partial charge in [-0.3, -0.25) is 0 Å². The van der Waals surface area contributed by atoms with Crippen molar-refractivity contribution >= 4 is 21.6 Å². The molecule has 2 fully saturated rings. The van der Waals surface area contributed by atoms with Gasteiger partial charge in [0.1, 0.15) is 35.9 Å². The highest BCUT2D eigenvalue weighted by atomic mass is 33.1. The highest BCUT2D eigenvalue weighted by molar-refractivity contribution is 8.78. The van der Waals surface area contributed by atoms with Crippen molar-refractivity contribution in [2.24, 2.45) is 0 Å². The van der Waals surface area contributed by atoms with Crippen LogP contribution >= 0.6 is 21.6 Å². The molecule has 2 N–H and O–H groups in total. The number of rotatable bonds is 9. The van der Waals surface area contributed by atoms with Crippen LogP contribution in [0.2, 0.25) is 0 Å². The molecule has 2 saturated heterocycles. The first kappa shape index (κ1) is 23.5. The molecule has 2 heterocycles. The van der Waals surface area contributed by atoms with E-state index in [4.69, 9.17) is 18.9 Å². The van der Waals surface area contributed by atoms with Gasteiger partial charge in [-0.15, -0.1) is 0 Å². The minimum absolute atomic E-state index is 0.238. The quantitative estimate of drug-likeness (QED) is 0.544. The Morgan fingerprint density at radius 3 is 2.27 bits per heavy atom. The van der Waals surface area contributed by atoms with E-state index in [0.717, 1.165) is 29.2 Å². The number of benzene rings is 1. The Balaban J connectivity index is 0.00000124. The highest BCUT2D eigenvalue weighted by Crippen LogP contribution is 2.41. The van der Waals surface area contributed by atoms with Gasteiger partial charge in [0.25, 0.3) is 0 Å². The number of aliphatic hydroxyl groups is 2. The largest absolute Gasteiger partial charge is 0.491 e. The van der Waals surface area contributed by atoms with Gasteiger partial charge >= 0.3 is 0 Å². The molecule has 0 saturated carbocycles. The van der Waals surface area contributed by atoms with Crippen molar-refractivity contribution in [2.45, 2.75) is 42.8 Å². The second-order valence-corrected chi connectivity index (χ2v) is 9.74. The average Bonchev–Trinajstić information content (AvgIpc) is 2.74. The molecule has 30 heavy (non-hydrogen) atoms. The number of hydrogen-bond donors (Lipinski definition) is 2. The maximum absolute atomic E-state index is 10.1. The summed E-state index contributed by atoms with van der Waals surface area (Å²) in [6, 6.07) is 7.85. The summed E-state index contributed by atoms with van der Waals surface area (Å²) in [6.07, 6.45) is 5.99. The molecule has 3 aliphatic rings. The summed E-state index contributed by atoms with van der Waals surface area (Å²) in [7, 11) is 3.36. The van der Waals surface area contributed by atoms with Crippen LogP contribution in [0.4, 0.5) is 0 Å². The fourth-order valence-electron chi connectivity index (χ4n) is 2.81. The summed E-state index contributed by atoms with van der Waals surface area (Å²) in [5.41, 5.74) is -1.69. The predicted octanol–water partition coefficient (Wildman–Crippen LogP) is 3.93. The lowest BCUT2D eigenvalue weighted by molar-refractivity contribution is -0.198. The zero-order chi connectivity index (χ0) is 21.5. The zero-order valence-corrected chi connectivity index (χ0v) is 19.1. The van der Waals surface area contributed by atoms with Crippen molar-refractivity contribution in [3.63, 3.8) is 0 Å². The molecule has 166 valence electrons. The van der Waals surface area contributed by atoms with Crippen LogP contribution in [0.15, 0.2) is 52.0 Å². The van der Waals surface area contributed by atoms with Crippen molar-refractivity contribution in [3.8, 4) is 5.75 Å². The third kappa shape index (κ3) is 6.67. The van der Waals surface area contributed by atoms with Crippen LogP contribution in [0.25, 0.3) is 0 Å². The Morgan fingerprint density at radius 2 is 1.63 bits per heavy atom. The fourth-order valence-corrected chi connectivity index (χ4v) is 4.99. The van der Waals surface area contributed by atoms with E-state index in [1.54, 1.807) is 21.6 Å². The predicted molar refractivity (Wildman–Crippen MR) is 120 cm³/mol. The molecule has 8 heteroatoms. The molecule has 0 radical (unpaired) electrons. The van der Waals surface area contributed by atoms with Gasteiger partial charge in [0, 0.05) is 9.80 Å². The van der Waals surface area contributed by atoms with Crippen LogP contribution in [-0.4, -0.2) is 61.1 Å². The number of hydrogen-bond acceptors (Lipinski definition) is 8. The van der Waals surface area contributed by atoms with Crippen molar-refractivity contribution in [1.82, 2.24) is 0 Å². The Labute approximate surface area is 186 Å². The number of ether oxygens (including phenoxy) is 4. The Hall–Kier alpha value is -1.16. The summed E-state index contributed by atoms with van der Waals surface area (Å²) in [5, 5.41) is 20.1. The highest BCUT2D eigenvalue weighted by Gasteiger charge is 2.37. The molecule has 0 amide bonds. The maximum Gasteiger partial charge on any atom is 0.145 e. The van der Waals surface area contributed by atoms with E-state index in [9.17, 15) is 10.2 Å². The van der Waals surface area contributed by atoms with E-state index in [1.807, 2.05) is 44.2 Å². The molecule has 1 aromatic carbocycles. The molecule has 2 aliphatic heterocycles. The van der Waals surface area contributed by atoms with Crippen LogP contribution in [0.5, 0.6) is 5.75 Å². The Kier molecular flexibility index (Phi) is 8.56. The molecule has 0 atom stereocenters. The first-order chi connectivity index (χ1) is 14.5. The molecular formula is C22H30O6S2. The lowest BCUT2D eigenvalue weighted by Gasteiger charge is -2.36. The van der Waals surface area contributed by atoms with E-state index in [0.29, 0.717) is 26.4 Å². The van der Waals surface area contributed by atoms with Gasteiger partial charge in [-0.25, -0.2) is 0 Å². The van der Waals surface area contributed by atoms with Crippen molar-refractivity contribution in [3.05, 3.63) is 47.1 Å². The van der Waals surface area contributed by atoms with Gasteiger partial charge in [-0.1, -0.05) is 41.5 Å². The van der Waals surface area contributed by atoms with E-state index < -0.39 is 11.2 Å². The zero-order valence-electron chi connectivity index (χ0n) is 17.5. The van der Waals surface area contributed by atoms with Gasteiger partial charge in [-0.05, 0) is 43.2 Å². The first-order valence-electron chi connectivity index (χ1n) is 10.2. The SMILES string of the molecule is CC.OC1(COC2=CCCC(SSc3cccc(OCC4(O)COC4)c3)=C2)COC1. The summed E-state index contributed by atoms with van der Waals surface area (Å²) in [5.74, 6) is 1.55. The normalized spacial score (nSPS) is 21.1. The second kappa shape index (κ2) is 10.9. The van der Waals surface area contributed by atoms with Gasteiger partial charge in [0.15, 0.2) is 0 Å². The third-order valence-electron chi connectivity index (χ3n) is 4.59. The van der Waals surface area contributed by atoms with Crippen molar-refractivity contribution in [2.75, 3.05) is 39.6 Å². The van der Waals surface area contributed by atoms with E-state index in [-0.39, 0.29) is 13.2 Å². The smallest absolute Gasteiger partial charge is 0.145 e. The van der Waals surface area contributed by atoms with Crippen molar-refractivity contribution in [1.29, 1.82) is 0 Å². The van der Waals surface area contributed by atoms with Gasteiger partial charge in [0.05, 0.1) is 26.4 Å². The monoisotopic (exact) mass is 454 g/mol. The molecule has 0 aromatic heterocycles. The fraction of sp³-hybridized carbons (Fsp3) is 0.545. The first-order valence-corrected chi connectivity index (χ1v) is 12.4. The molecule has 4 rings (SSSR count). The lowest BCUT2D eigenvalue weighted by Crippen LogP contribution is -2.53. The van der Waals surface area contributed by atoms with Gasteiger partial charge in [-0.2, -0.15) is 0 Å². The van der Waals surface area contributed by atoms with Crippen LogP contribution in [0, 0.1) is 0 Å². The molecule has 0 bridgehead atoms. The van der Waals surface area contributed by atoms with Gasteiger partial charge in [0.2, 0.25) is 0 Å². The summed E-state index contributed by atoms with van der Waals surface area (Å²) < 4.78 is 21.5. The Morgan fingerprint density at radius 1 is 0.967 bits per heavy atom. The molecule has 0 spiro atoms. The van der Waals surface area contributed by atoms with Crippen molar-refractivity contribution < 1.29 is 29.2 Å².